The summed E-state index contributed by atoms with van der Waals surface area (Å²) < 4.78 is 10.9. The molecule has 0 radical (unpaired) electrons. The molecule has 140 valence electrons. The second-order valence-electron chi connectivity index (χ2n) is 6.41. The highest BCUT2D eigenvalue weighted by molar-refractivity contribution is 6.32. The molecule has 0 saturated carbocycles. The Morgan fingerprint density at radius 2 is 1.89 bits per heavy atom. The smallest absolute Gasteiger partial charge is 0.270 e. The molecular weight excluding hydrogens is 366 g/mol. The largest absolute Gasteiger partial charge is 0.481 e. The molecule has 7 heteroatoms. The molecule has 0 aliphatic rings. The van der Waals surface area contributed by atoms with E-state index in [9.17, 15) is 4.79 Å². The van der Waals surface area contributed by atoms with Gasteiger partial charge >= 0.3 is 0 Å². The van der Waals surface area contributed by atoms with Crippen molar-refractivity contribution in [2.24, 2.45) is 0 Å². The number of halogens is 1. The van der Waals surface area contributed by atoms with Crippen molar-refractivity contribution < 1.29 is 14.1 Å². The summed E-state index contributed by atoms with van der Waals surface area (Å²) in [6.07, 6.45) is -0.745. The molecule has 0 aliphatic carbocycles. The lowest BCUT2D eigenvalue weighted by Gasteiger charge is -2.15. The average molecular weight is 386 g/mol. The number of nitrogens with one attached hydrogen (secondary N) is 1. The highest BCUT2D eigenvalue weighted by Gasteiger charge is 2.19. The van der Waals surface area contributed by atoms with Gasteiger partial charge in [-0.25, -0.2) is 0 Å². The van der Waals surface area contributed by atoms with Gasteiger partial charge in [0.1, 0.15) is 5.75 Å². The van der Waals surface area contributed by atoms with Crippen LogP contribution >= 0.6 is 11.6 Å². The van der Waals surface area contributed by atoms with Crippen LogP contribution in [0.25, 0.3) is 11.5 Å². The first-order valence-corrected chi connectivity index (χ1v) is 8.86. The summed E-state index contributed by atoms with van der Waals surface area (Å²) in [7, 11) is 0. The summed E-state index contributed by atoms with van der Waals surface area (Å²) in [6, 6.07) is 11.3. The summed E-state index contributed by atoms with van der Waals surface area (Å²) in [5.74, 6) is 0.629. The van der Waals surface area contributed by atoms with Crippen molar-refractivity contribution in [2.75, 3.05) is 5.32 Å². The van der Waals surface area contributed by atoms with Crippen LogP contribution in [-0.4, -0.2) is 22.2 Å². The maximum Gasteiger partial charge on any atom is 0.270 e. The second-order valence-corrected chi connectivity index (χ2v) is 6.79. The zero-order valence-corrected chi connectivity index (χ0v) is 16.3. The van der Waals surface area contributed by atoms with Gasteiger partial charge in [0.15, 0.2) is 6.10 Å². The van der Waals surface area contributed by atoms with E-state index in [0.29, 0.717) is 16.7 Å². The van der Waals surface area contributed by atoms with Crippen LogP contribution in [0.15, 0.2) is 40.9 Å². The minimum atomic E-state index is -0.745. The summed E-state index contributed by atoms with van der Waals surface area (Å²) in [6.45, 7) is 7.40. The third-order valence-electron chi connectivity index (χ3n) is 4.02. The first kappa shape index (κ1) is 18.9. The van der Waals surface area contributed by atoms with Crippen LogP contribution in [0.5, 0.6) is 5.75 Å². The van der Waals surface area contributed by atoms with Gasteiger partial charge in [-0.15, -0.1) is 0 Å². The number of carbonyl (C=O) groups is 1. The quantitative estimate of drug-likeness (QED) is 0.687. The Balaban J connectivity index is 1.67. The van der Waals surface area contributed by atoms with Gasteiger partial charge < -0.3 is 9.26 Å². The van der Waals surface area contributed by atoms with Crippen molar-refractivity contribution in [3.63, 3.8) is 0 Å². The first-order valence-electron chi connectivity index (χ1n) is 8.48. The van der Waals surface area contributed by atoms with E-state index < -0.39 is 6.10 Å². The van der Waals surface area contributed by atoms with Crippen molar-refractivity contribution in [1.82, 2.24) is 10.1 Å². The van der Waals surface area contributed by atoms with Crippen molar-refractivity contribution in [3.8, 4) is 17.2 Å². The Bertz CT molecular complexity index is 961. The van der Waals surface area contributed by atoms with Crippen molar-refractivity contribution in [2.45, 2.75) is 33.8 Å². The number of benzene rings is 2. The molecule has 1 atom stereocenters. The van der Waals surface area contributed by atoms with Gasteiger partial charge in [0.05, 0.1) is 0 Å². The molecular formula is C20H20ClN3O3. The van der Waals surface area contributed by atoms with Crippen LogP contribution in [0.1, 0.15) is 23.6 Å². The van der Waals surface area contributed by atoms with Crippen molar-refractivity contribution in [1.29, 1.82) is 0 Å². The SMILES string of the molecule is Cc1cccc(-c2nc(NC(=O)C(C)Oc3cc(C)c(Cl)c(C)c3)no2)c1. The van der Waals surface area contributed by atoms with Gasteiger partial charge in [0.2, 0.25) is 0 Å². The molecule has 0 saturated heterocycles. The van der Waals surface area contributed by atoms with Gasteiger partial charge in [0.25, 0.3) is 17.7 Å². The predicted octanol–water partition coefficient (Wildman–Crippen LogP) is 4.72. The van der Waals surface area contributed by atoms with Crippen LogP contribution in [0.2, 0.25) is 5.02 Å². The molecule has 0 aliphatic heterocycles. The van der Waals surface area contributed by atoms with E-state index in [1.807, 2.05) is 45.0 Å². The molecule has 0 spiro atoms. The summed E-state index contributed by atoms with van der Waals surface area (Å²) in [4.78, 5) is 16.6. The molecule has 2 aromatic carbocycles. The van der Waals surface area contributed by atoms with E-state index in [1.165, 1.54) is 0 Å². The number of hydrogen-bond donors (Lipinski definition) is 1. The third-order valence-corrected chi connectivity index (χ3v) is 4.61. The second kappa shape index (κ2) is 7.80. The van der Waals surface area contributed by atoms with E-state index in [-0.39, 0.29) is 11.9 Å². The van der Waals surface area contributed by atoms with E-state index in [1.54, 1.807) is 19.1 Å². The van der Waals surface area contributed by atoms with Gasteiger partial charge in [-0.2, -0.15) is 4.98 Å². The monoisotopic (exact) mass is 385 g/mol. The molecule has 1 unspecified atom stereocenters. The lowest BCUT2D eigenvalue weighted by molar-refractivity contribution is -0.122. The maximum atomic E-state index is 12.4. The van der Waals surface area contributed by atoms with E-state index in [2.05, 4.69) is 15.5 Å². The topological polar surface area (TPSA) is 77.2 Å². The first-order chi connectivity index (χ1) is 12.8. The predicted molar refractivity (Wildman–Crippen MR) is 104 cm³/mol. The number of carbonyl (C=O) groups excluding carboxylic acids is 1. The Labute approximate surface area is 162 Å². The fourth-order valence-electron chi connectivity index (χ4n) is 2.61. The number of rotatable bonds is 5. The number of amides is 1. The van der Waals surface area contributed by atoms with Gasteiger partial charge in [-0.3, -0.25) is 10.1 Å². The molecule has 1 amide bonds. The number of anilines is 1. The lowest BCUT2D eigenvalue weighted by atomic mass is 10.1. The third kappa shape index (κ3) is 4.46. The lowest BCUT2D eigenvalue weighted by Crippen LogP contribution is -2.30. The van der Waals surface area contributed by atoms with E-state index in [4.69, 9.17) is 20.9 Å². The van der Waals surface area contributed by atoms with Crippen molar-refractivity contribution in [3.05, 3.63) is 58.1 Å². The van der Waals surface area contributed by atoms with Crippen LogP contribution < -0.4 is 10.1 Å². The van der Waals surface area contributed by atoms with Crippen LogP contribution in [0.3, 0.4) is 0 Å². The molecule has 1 aromatic heterocycles. The number of hydrogen-bond acceptors (Lipinski definition) is 5. The molecule has 1 heterocycles. The molecule has 6 nitrogen and oxygen atoms in total. The molecule has 0 bridgehead atoms. The minimum absolute atomic E-state index is 0.0930. The number of nitrogens with zero attached hydrogens (tertiary/aromatic N) is 2. The van der Waals surface area contributed by atoms with Crippen LogP contribution in [-0.2, 0) is 4.79 Å². The Hall–Kier alpha value is -2.86. The highest BCUT2D eigenvalue weighted by Crippen LogP contribution is 2.26. The molecule has 1 N–H and O–H groups in total. The van der Waals surface area contributed by atoms with Gasteiger partial charge in [-0.1, -0.05) is 29.3 Å². The fourth-order valence-corrected chi connectivity index (χ4v) is 2.72. The highest BCUT2D eigenvalue weighted by atomic mass is 35.5. The van der Waals surface area contributed by atoms with E-state index >= 15 is 0 Å². The number of ether oxygens (including phenoxy) is 1. The van der Waals surface area contributed by atoms with Crippen molar-refractivity contribution >= 4 is 23.5 Å². The van der Waals surface area contributed by atoms with Gasteiger partial charge in [0, 0.05) is 10.6 Å². The molecule has 3 aromatic rings. The van der Waals surface area contributed by atoms with Gasteiger partial charge in [-0.05, 0) is 68.2 Å². The number of aryl methyl sites for hydroxylation is 3. The fraction of sp³-hybridized carbons (Fsp3) is 0.250. The Morgan fingerprint density at radius 1 is 1.19 bits per heavy atom. The standard InChI is InChI=1S/C20H20ClN3O3/c1-11-6-5-7-15(8-11)19-23-20(24-27-19)22-18(25)14(4)26-16-9-12(2)17(21)13(3)10-16/h5-10,14H,1-4H3,(H,22,24,25). The summed E-state index contributed by atoms with van der Waals surface area (Å²) >= 11 is 6.16. The van der Waals surface area contributed by atoms with E-state index in [0.717, 1.165) is 22.3 Å². The molecule has 3 rings (SSSR count). The zero-order chi connectivity index (χ0) is 19.6. The zero-order valence-electron chi connectivity index (χ0n) is 15.5. The van der Waals surface area contributed by atoms with Crippen LogP contribution in [0, 0.1) is 20.8 Å². The minimum Gasteiger partial charge on any atom is -0.481 e. The average Bonchev–Trinajstić information content (AvgIpc) is 3.08. The Kier molecular flexibility index (Phi) is 5.46. The Morgan fingerprint density at radius 3 is 2.56 bits per heavy atom. The molecule has 0 fully saturated rings. The van der Waals surface area contributed by atoms with Crippen LogP contribution in [0.4, 0.5) is 5.95 Å². The summed E-state index contributed by atoms with van der Waals surface area (Å²) in [5, 5.41) is 7.09. The number of aromatic nitrogens is 2. The summed E-state index contributed by atoms with van der Waals surface area (Å²) in [5.41, 5.74) is 3.65. The normalized spacial score (nSPS) is 11.9. The maximum absolute atomic E-state index is 12.4. The molecule has 27 heavy (non-hydrogen) atoms.